The number of hydrazone groups is 1. The Kier molecular flexibility index (Phi) is 21.5. The highest BCUT2D eigenvalue weighted by Crippen LogP contribution is 1.99. The molecule has 0 aliphatic heterocycles. The number of amides is 1. The molecule has 0 aromatic heterocycles. The first kappa shape index (κ1) is 27.4. The van der Waals surface area contributed by atoms with E-state index in [4.69, 9.17) is 30.5 Å². The van der Waals surface area contributed by atoms with Gasteiger partial charge in [0.25, 0.3) is 0 Å². The van der Waals surface area contributed by atoms with Crippen LogP contribution >= 0.6 is 0 Å². The standard InChI is InChI=1S/C19H39N5O5/c1-2-3-4-5-18(24-21)17-22-6-8-26-10-12-28-14-15-29-13-11-27-9-7-23-19(25)16-20/h17H,2-16,20-21H2,1H3,(H,23,25)/b22-17?,24-18-. The molecule has 0 aliphatic carbocycles. The van der Waals surface area contributed by atoms with Crippen molar-refractivity contribution in [1.29, 1.82) is 0 Å². The molecule has 10 nitrogen and oxygen atoms in total. The van der Waals surface area contributed by atoms with Crippen LogP contribution in [-0.4, -0.2) is 90.3 Å². The summed E-state index contributed by atoms with van der Waals surface area (Å²) in [5, 5.41) is 6.36. The first-order valence-electron chi connectivity index (χ1n) is 10.3. The van der Waals surface area contributed by atoms with E-state index >= 15 is 0 Å². The van der Waals surface area contributed by atoms with Gasteiger partial charge in [-0.1, -0.05) is 19.8 Å². The fraction of sp³-hybridized carbons (Fsp3) is 0.842. The minimum Gasteiger partial charge on any atom is -0.377 e. The third-order valence-electron chi connectivity index (χ3n) is 3.68. The Hall–Kier alpha value is -1.59. The van der Waals surface area contributed by atoms with Gasteiger partial charge in [0.2, 0.25) is 5.91 Å². The summed E-state index contributed by atoms with van der Waals surface area (Å²) in [4.78, 5) is 15.2. The fourth-order valence-corrected chi connectivity index (χ4v) is 2.10. The van der Waals surface area contributed by atoms with Crippen LogP contribution in [0.4, 0.5) is 0 Å². The van der Waals surface area contributed by atoms with Gasteiger partial charge in [0.05, 0.1) is 71.7 Å². The van der Waals surface area contributed by atoms with Crippen LogP contribution in [0.1, 0.15) is 32.6 Å². The molecule has 1 amide bonds. The molecule has 0 radical (unpaired) electrons. The van der Waals surface area contributed by atoms with E-state index < -0.39 is 0 Å². The molecule has 0 bridgehead atoms. The molecule has 5 N–H and O–H groups in total. The zero-order valence-electron chi connectivity index (χ0n) is 17.8. The number of carbonyl (C=O) groups is 1. The predicted molar refractivity (Wildman–Crippen MR) is 114 cm³/mol. The van der Waals surface area contributed by atoms with Crippen LogP contribution in [0.15, 0.2) is 10.1 Å². The van der Waals surface area contributed by atoms with Gasteiger partial charge in [-0.25, -0.2) is 0 Å². The molecule has 170 valence electrons. The van der Waals surface area contributed by atoms with Gasteiger partial charge in [-0.3, -0.25) is 9.79 Å². The van der Waals surface area contributed by atoms with Crippen molar-refractivity contribution in [2.45, 2.75) is 32.6 Å². The molecule has 29 heavy (non-hydrogen) atoms. The summed E-state index contributed by atoms with van der Waals surface area (Å²) in [5.41, 5.74) is 5.99. The second kappa shape index (κ2) is 22.7. The highest BCUT2D eigenvalue weighted by atomic mass is 16.6. The lowest BCUT2D eigenvalue weighted by Crippen LogP contribution is -2.32. The summed E-state index contributed by atoms with van der Waals surface area (Å²) >= 11 is 0. The summed E-state index contributed by atoms with van der Waals surface area (Å²) in [6, 6.07) is 0. The summed E-state index contributed by atoms with van der Waals surface area (Å²) in [6.45, 7) is 7.12. The minimum absolute atomic E-state index is 0.00771. The van der Waals surface area contributed by atoms with Crippen LogP contribution < -0.4 is 16.9 Å². The topological polar surface area (TPSA) is 143 Å². The maximum absolute atomic E-state index is 10.9. The van der Waals surface area contributed by atoms with E-state index in [9.17, 15) is 4.79 Å². The van der Waals surface area contributed by atoms with E-state index in [1.807, 2.05) is 0 Å². The number of hydrogen-bond acceptors (Lipinski definition) is 9. The number of hydrogen-bond donors (Lipinski definition) is 3. The van der Waals surface area contributed by atoms with E-state index in [0.717, 1.165) is 18.6 Å². The summed E-state index contributed by atoms with van der Waals surface area (Å²) in [6.07, 6.45) is 6.02. The molecule has 0 saturated carbocycles. The largest absolute Gasteiger partial charge is 0.377 e. The van der Waals surface area contributed by atoms with Crippen molar-refractivity contribution >= 4 is 17.8 Å². The maximum atomic E-state index is 10.9. The van der Waals surface area contributed by atoms with Gasteiger partial charge < -0.3 is 35.8 Å². The van der Waals surface area contributed by atoms with Crippen LogP contribution in [0.2, 0.25) is 0 Å². The lowest BCUT2D eigenvalue weighted by atomic mass is 10.1. The van der Waals surface area contributed by atoms with Crippen LogP contribution in [-0.2, 0) is 23.7 Å². The molecule has 0 fully saturated rings. The highest BCUT2D eigenvalue weighted by molar-refractivity contribution is 6.30. The lowest BCUT2D eigenvalue weighted by Gasteiger charge is -2.07. The molecule has 0 spiro atoms. The molecule has 0 atom stereocenters. The molecule has 10 heteroatoms. The zero-order chi connectivity index (χ0) is 21.4. The van der Waals surface area contributed by atoms with Crippen molar-refractivity contribution in [2.24, 2.45) is 21.7 Å². The van der Waals surface area contributed by atoms with E-state index in [1.165, 1.54) is 12.8 Å². The average molecular weight is 418 g/mol. The summed E-state index contributed by atoms with van der Waals surface area (Å²) in [7, 11) is 0. The molecule has 0 unspecified atom stereocenters. The molecule has 0 saturated heterocycles. The number of rotatable bonds is 21. The second-order valence-electron chi connectivity index (χ2n) is 6.12. The van der Waals surface area contributed by atoms with E-state index in [0.29, 0.717) is 65.9 Å². The van der Waals surface area contributed by atoms with Gasteiger partial charge in [0.1, 0.15) is 0 Å². The highest BCUT2D eigenvalue weighted by Gasteiger charge is 1.97. The third-order valence-corrected chi connectivity index (χ3v) is 3.68. The van der Waals surface area contributed by atoms with Gasteiger partial charge in [-0.2, -0.15) is 5.10 Å². The number of nitrogens with zero attached hydrogens (tertiary/aromatic N) is 2. The number of nitrogens with one attached hydrogen (secondary N) is 1. The zero-order valence-corrected chi connectivity index (χ0v) is 17.8. The van der Waals surface area contributed by atoms with Gasteiger partial charge >= 0.3 is 0 Å². The van der Waals surface area contributed by atoms with Gasteiger partial charge in [0.15, 0.2) is 0 Å². The quantitative estimate of drug-likeness (QED) is 0.104. The predicted octanol–water partition coefficient (Wildman–Crippen LogP) is 0.0935. The molecule has 0 aromatic rings. The average Bonchev–Trinajstić information content (AvgIpc) is 2.74. The monoisotopic (exact) mass is 417 g/mol. The Balaban J connectivity index is 3.27. The van der Waals surface area contributed by atoms with Gasteiger partial charge in [0, 0.05) is 12.8 Å². The Morgan fingerprint density at radius 1 is 0.931 bits per heavy atom. The number of unbranched alkanes of at least 4 members (excludes halogenated alkanes) is 2. The first-order chi connectivity index (χ1) is 14.2. The molecule has 0 heterocycles. The van der Waals surface area contributed by atoms with Gasteiger partial charge in [-0.15, -0.1) is 0 Å². The Labute approximate surface area is 174 Å². The van der Waals surface area contributed by atoms with Crippen molar-refractivity contribution in [3.63, 3.8) is 0 Å². The number of aliphatic imine (C=N–C) groups is 1. The molecule has 0 aliphatic rings. The summed E-state index contributed by atoms with van der Waals surface area (Å²) in [5.74, 6) is 5.16. The fourth-order valence-electron chi connectivity index (χ4n) is 2.10. The van der Waals surface area contributed by atoms with Crippen molar-refractivity contribution < 1.29 is 23.7 Å². The van der Waals surface area contributed by atoms with E-state index in [-0.39, 0.29) is 12.5 Å². The maximum Gasteiger partial charge on any atom is 0.233 e. The Morgan fingerprint density at radius 2 is 1.52 bits per heavy atom. The smallest absolute Gasteiger partial charge is 0.233 e. The van der Waals surface area contributed by atoms with Crippen LogP contribution in [0.25, 0.3) is 0 Å². The lowest BCUT2D eigenvalue weighted by molar-refractivity contribution is -0.120. The van der Waals surface area contributed by atoms with Crippen LogP contribution in [0.3, 0.4) is 0 Å². The minimum atomic E-state index is -0.188. The van der Waals surface area contributed by atoms with Crippen molar-refractivity contribution in [2.75, 3.05) is 72.5 Å². The molecule has 0 rings (SSSR count). The van der Waals surface area contributed by atoms with Crippen molar-refractivity contribution in [3.8, 4) is 0 Å². The normalized spacial score (nSPS) is 12.0. The molecular weight excluding hydrogens is 378 g/mol. The van der Waals surface area contributed by atoms with E-state index in [1.54, 1.807) is 6.21 Å². The molecular formula is C19H39N5O5. The van der Waals surface area contributed by atoms with E-state index in [2.05, 4.69) is 22.3 Å². The third kappa shape index (κ3) is 20.9. The summed E-state index contributed by atoms with van der Waals surface area (Å²) < 4.78 is 21.5. The number of ether oxygens (including phenoxy) is 4. The van der Waals surface area contributed by atoms with Crippen molar-refractivity contribution in [1.82, 2.24) is 5.32 Å². The van der Waals surface area contributed by atoms with Crippen LogP contribution in [0, 0.1) is 0 Å². The SMILES string of the molecule is CCCCC/C(C=NCCOCCOCCOCCOCCNC(=O)CN)=N/N. The van der Waals surface area contributed by atoms with Crippen LogP contribution in [0.5, 0.6) is 0 Å². The van der Waals surface area contributed by atoms with Gasteiger partial charge in [-0.05, 0) is 12.8 Å². The van der Waals surface area contributed by atoms with Crippen molar-refractivity contribution in [3.05, 3.63) is 0 Å². The molecule has 0 aromatic carbocycles. The Morgan fingerprint density at radius 3 is 2.07 bits per heavy atom. The first-order valence-corrected chi connectivity index (χ1v) is 10.3. The Bertz CT molecular complexity index is 435. The number of nitrogens with two attached hydrogens (primary N) is 2. The number of carbonyl (C=O) groups excluding carboxylic acids is 1. The second-order valence-corrected chi connectivity index (χ2v) is 6.12.